The summed E-state index contributed by atoms with van der Waals surface area (Å²) in [5, 5.41) is 20.9. The van der Waals surface area contributed by atoms with Crippen molar-refractivity contribution in [2.45, 2.75) is 32.4 Å². The number of Topliss-reactive ketones (excluding diaryl/α,β-unsaturated/α-hetero) is 1. The van der Waals surface area contributed by atoms with Gasteiger partial charge >= 0.3 is 0 Å². The van der Waals surface area contributed by atoms with E-state index in [0.29, 0.717) is 48.9 Å². The van der Waals surface area contributed by atoms with Gasteiger partial charge in [0.05, 0.1) is 17.7 Å². The average molecular weight is 453 g/mol. The topological polar surface area (TPSA) is 106 Å². The molecule has 2 aliphatic rings. The van der Waals surface area contributed by atoms with E-state index in [1.54, 1.807) is 30.3 Å². The third kappa shape index (κ3) is 4.66. The predicted octanol–water partition coefficient (Wildman–Crippen LogP) is 3.40. The molecule has 0 radical (unpaired) electrons. The first-order valence-corrected chi connectivity index (χ1v) is 11.0. The first-order chi connectivity index (χ1) is 15.9. The number of phenolic OH excluding ortho intramolecular Hbond substituents is 1. The summed E-state index contributed by atoms with van der Waals surface area (Å²) < 4.78 is 16.7. The fourth-order valence-electron chi connectivity index (χ4n) is 4.01. The van der Waals surface area contributed by atoms with Crippen LogP contribution in [0.2, 0.25) is 0 Å². The number of amides is 1. The summed E-state index contributed by atoms with van der Waals surface area (Å²) in [5.74, 6) is -0.649. The molecule has 2 aromatic rings. The number of phenols is 1. The molecular formula is C25H27NO7. The van der Waals surface area contributed by atoms with E-state index in [1.165, 1.54) is 17.0 Å². The third-order valence-corrected chi connectivity index (χ3v) is 5.56. The van der Waals surface area contributed by atoms with Gasteiger partial charge in [0.1, 0.15) is 24.7 Å². The number of likely N-dealkylation sites (tertiary alicyclic amines) is 1. The number of fused-ring (bicyclic) bond motifs is 1. The molecule has 8 nitrogen and oxygen atoms in total. The molecule has 2 N–H and O–H groups in total. The minimum absolute atomic E-state index is 0.00727. The van der Waals surface area contributed by atoms with Crippen LogP contribution in [0.15, 0.2) is 48.0 Å². The number of aliphatic hydroxyl groups excluding tert-OH is 1. The lowest BCUT2D eigenvalue weighted by Gasteiger charge is -2.25. The second kappa shape index (κ2) is 9.54. The van der Waals surface area contributed by atoms with Gasteiger partial charge in [0.2, 0.25) is 0 Å². The summed E-state index contributed by atoms with van der Waals surface area (Å²) in [4.78, 5) is 27.5. The molecule has 1 amide bonds. The number of ketones is 1. The fraction of sp³-hybridized carbons (Fsp3) is 0.360. The van der Waals surface area contributed by atoms with Crippen molar-refractivity contribution in [2.75, 3.05) is 26.4 Å². The number of aliphatic hydroxyl groups is 1. The van der Waals surface area contributed by atoms with Crippen LogP contribution < -0.4 is 9.47 Å². The highest BCUT2D eigenvalue weighted by Gasteiger charge is 2.45. The zero-order valence-electron chi connectivity index (χ0n) is 18.6. The first-order valence-electron chi connectivity index (χ1n) is 11.0. The number of rotatable bonds is 7. The van der Waals surface area contributed by atoms with Crippen molar-refractivity contribution in [3.8, 4) is 17.2 Å². The average Bonchev–Trinajstić information content (AvgIpc) is 3.06. The van der Waals surface area contributed by atoms with Crippen molar-refractivity contribution in [2.24, 2.45) is 0 Å². The summed E-state index contributed by atoms with van der Waals surface area (Å²) in [6.45, 7) is 5.39. The Kier molecular flexibility index (Phi) is 6.55. The summed E-state index contributed by atoms with van der Waals surface area (Å²) in [6, 6.07) is 10.3. The minimum Gasteiger partial charge on any atom is -0.508 e. The molecule has 2 aliphatic heterocycles. The summed E-state index contributed by atoms with van der Waals surface area (Å²) in [5.41, 5.74) is 0.951. The molecule has 33 heavy (non-hydrogen) atoms. The van der Waals surface area contributed by atoms with Gasteiger partial charge in [0.25, 0.3) is 11.7 Å². The minimum atomic E-state index is -0.794. The highest BCUT2D eigenvalue weighted by Crippen LogP contribution is 2.41. The number of ether oxygens (including phenoxy) is 3. The Balaban J connectivity index is 1.73. The number of benzene rings is 2. The third-order valence-electron chi connectivity index (χ3n) is 5.56. The van der Waals surface area contributed by atoms with Gasteiger partial charge in [-0.3, -0.25) is 9.59 Å². The smallest absolute Gasteiger partial charge is 0.295 e. The van der Waals surface area contributed by atoms with Crippen molar-refractivity contribution in [1.82, 2.24) is 4.90 Å². The number of hydrogen-bond donors (Lipinski definition) is 2. The van der Waals surface area contributed by atoms with Crippen molar-refractivity contribution >= 4 is 17.4 Å². The highest BCUT2D eigenvalue weighted by atomic mass is 16.6. The van der Waals surface area contributed by atoms with Crippen LogP contribution in [-0.4, -0.2) is 59.3 Å². The molecule has 0 aliphatic carbocycles. The maximum absolute atomic E-state index is 13.1. The van der Waals surface area contributed by atoms with Crippen LogP contribution in [0, 0.1) is 0 Å². The lowest BCUT2D eigenvalue weighted by Crippen LogP contribution is -2.31. The van der Waals surface area contributed by atoms with Crippen LogP contribution in [0.3, 0.4) is 0 Å². The molecule has 1 unspecified atom stereocenters. The molecular weight excluding hydrogens is 426 g/mol. The standard InChI is InChI=1S/C25H27NO7/c1-15(2)31-11-3-10-26-22(16-4-7-18(27)8-5-16)21(24(29)25(26)30)23(28)17-6-9-19-20(14-17)33-13-12-32-19/h4-9,14-15,22,27-28H,3,10-13H2,1-2H3/b23-21-. The molecule has 8 heteroatoms. The summed E-state index contributed by atoms with van der Waals surface area (Å²) in [7, 11) is 0. The van der Waals surface area contributed by atoms with Gasteiger partial charge in [-0.25, -0.2) is 0 Å². The lowest BCUT2D eigenvalue weighted by atomic mass is 9.95. The first kappa shape index (κ1) is 22.7. The van der Waals surface area contributed by atoms with Gasteiger partial charge in [0, 0.05) is 18.7 Å². The Morgan fingerprint density at radius 2 is 1.79 bits per heavy atom. The largest absolute Gasteiger partial charge is 0.508 e. The highest BCUT2D eigenvalue weighted by molar-refractivity contribution is 6.46. The van der Waals surface area contributed by atoms with E-state index in [4.69, 9.17) is 14.2 Å². The maximum atomic E-state index is 13.1. The fourth-order valence-corrected chi connectivity index (χ4v) is 4.01. The van der Waals surface area contributed by atoms with E-state index in [-0.39, 0.29) is 29.7 Å². The number of hydrogen-bond acceptors (Lipinski definition) is 7. The van der Waals surface area contributed by atoms with E-state index in [1.807, 2.05) is 13.8 Å². The molecule has 2 aromatic carbocycles. The quantitative estimate of drug-likeness (QED) is 0.286. The van der Waals surface area contributed by atoms with Crippen molar-refractivity contribution in [3.63, 3.8) is 0 Å². The maximum Gasteiger partial charge on any atom is 0.295 e. The van der Waals surface area contributed by atoms with Crippen LogP contribution in [0.1, 0.15) is 37.4 Å². The Bertz CT molecular complexity index is 1070. The van der Waals surface area contributed by atoms with Crippen molar-refractivity contribution in [1.29, 1.82) is 0 Å². The molecule has 2 heterocycles. The van der Waals surface area contributed by atoms with Gasteiger partial charge in [-0.05, 0) is 56.2 Å². The van der Waals surface area contributed by atoms with Gasteiger partial charge in [-0.15, -0.1) is 0 Å². The Labute approximate surface area is 192 Å². The summed E-state index contributed by atoms with van der Waals surface area (Å²) >= 11 is 0. The lowest BCUT2D eigenvalue weighted by molar-refractivity contribution is -0.140. The van der Waals surface area contributed by atoms with Crippen LogP contribution in [0.5, 0.6) is 17.2 Å². The molecule has 1 saturated heterocycles. The van der Waals surface area contributed by atoms with Crippen molar-refractivity contribution in [3.05, 3.63) is 59.2 Å². The van der Waals surface area contributed by atoms with Crippen LogP contribution in [0.4, 0.5) is 0 Å². The normalized spacial score (nSPS) is 19.4. The van der Waals surface area contributed by atoms with E-state index in [9.17, 15) is 19.8 Å². The molecule has 0 spiro atoms. The second-order valence-electron chi connectivity index (χ2n) is 8.22. The van der Waals surface area contributed by atoms with Crippen LogP contribution in [0.25, 0.3) is 5.76 Å². The zero-order valence-corrected chi connectivity index (χ0v) is 18.6. The molecule has 1 atom stereocenters. The van der Waals surface area contributed by atoms with Gasteiger partial charge < -0.3 is 29.3 Å². The van der Waals surface area contributed by atoms with Crippen molar-refractivity contribution < 1.29 is 34.0 Å². The molecule has 0 bridgehead atoms. The number of carbonyl (C=O) groups excluding carboxylic acids is 2. The SMILES string of the molecule is CC(C)OCCCN1C(=O)C(=O)/C(=C(\O)c2ccc3c(c2)OCCO3)C1c1ccc(O)cc1. The molecule has 1 fully saturated rings. The molecule has 0 aromatic heterocycles. The van der Waals surface area contributed by atoms with Gasteiger partial charge in [-0.1, -0.05) is 12.1 Å². The zero-order chi connectivity index (χ0) is 23.5. The molecule has 4 rings (SSSR count). The second-order valence-corrected chi connectivity index (χ2v) is 8.22. The van der Waals surface area contributed by atoms with Crippen LogP contribution in [-0.2, 0) is 14.3 Å². The number of carbonyl (C=O) groups is 2. The Hall–Kier alpha value is -3.52. The Morgan fingerprint density at radius 3 is 2.48 bits per heavy atom. The monoisotopic (exact) mass is 453 g/mol. The van der Waals surface area contributed by atoms with E-state index >= 15 is 0 Å². The molecule has 174 valence electrons. The van der Waals surface area contributed by atoms with E-state index in [2.05, 4.69) is 0 Å². The van der Waals surface area contributed by atoms with E-state index in [0.717, 1.165) is 0 Å². The van der Waals surface area contributed by atoms with Gasteiger partial charge in [0.15, 0.2) is 11.5 Å². The van der Waals surface area contributed by atoms with Gasteiger partial charge in [-0.2, -0.15) is 0 Å². The summed E-state index contributed by atoms with van der Waals surface area (Å²) in [6.07, 6.45) is 0.590. The predicted molar refractivity (Wildman–Crippen MR) is 120 cm³/mol. The number of nitrogens with zero attached hydrogens (tertiary/aromatic N) is 1. The van der Waals surface area contributed by atoms with E-state index < -0.39 is 17.7 Å². The number of aromatic hydroxyl groups is 1. The van der Waals surface area contributed by atoms with Crippen LogP contribution >= 0.6 is 0 Å². The molecule has 0 saturated carbocycles. The Morgan fingerprint density at radius 1 is 1.09 bits per heavy atom.